The largest absolute Gasteiger partial charge is 0.453 e. The van der Waals surface area contributed by atoms with Crippen molar-refractivity contribution in [1.29, 1.82) is 5.26 Å². The van der Waals surface area contributed by atoms with Gasteiger partial charge in [-0.15, -0.1) is 0 Å². The Labute approximate surface area is 101 Å². The van der Waals surface area contributed by atoms with Crippen molar-refractivity contribution in [3.8, 4) is 17.6 Å². The van der Waals surface area contributed by atoms with Crippen molar-refractivity contribution in [3.05, 3.63) is 59.4 Å². The molecule has 0 amide bonds. The molecule has 0 fully saturated rings. The van der Waals surface area contributed by atoms with Gasteiger partial charge in [0.15, 0.2) is 11.6 Å². The number of nitrogens with zero attached hydrogens (tertiary/aromatic N) is 1. The molecule has 0 radical (unpaired) electrons. The van der Waals surface area contributed by atoms with Crippen LogP contribution in [0.3, 0.4) is 0 Å². The molecular formula is C13H6F3NO. The third-order valence-electron chi connectivity index (χ3n) is 2.20. The first-order valence-corrected chi connectivity index (χ1v) is 4.93. The summed E-state index contributed by atoms with van der Waals surface area (Å²) < 4.78 is 44.2. The van der Waals surface area contributed by atoms with Gasteiger partial charge in [0.1, 0.15) is 17.6 Å². The second-order valence-corrected chi connectivity index (χ2v) is 3.41. The van der Waals surface area contributed by atoms with Gasteiger partial charge in [0.05, 0.1) is 5.56 Å². The molecule has 0 aliphatic rings. The van der Waals surface area contributed by atoms with Crippen molar-refractivity contribution < 1.29 is 17.9 Å². The molecule has 90 valence electrons. The molecule has 0 atom stereocenters. The van der Waals surface area contributed by atoms with Crippen LogP contribution < -0.4 is 4.74 Å². The Morgan fingerprint density at radius 1 is 1.00 bits per heavy atom. The van der Waals surface area contributed by atoms with Crippen molar-refractivity contribution in [1.82, 2.24) is 0 Å². The molecule has 0 spiro atoms. The standard InChI is InChI=1S/C13H6F3NO/c14-9-4-5-11(8(6-9)7-17)18-12-3-1-2-10(15)13(12)16/h1-6H. The van der Waals surface area contributed by atoms with Crippen molar-refractivity contribution >= 4 is 0 Å². The van der Waals surface area contributed by atoms with Gasteiger partial charge < -0.3 is 4.74 Å². The number of nitriles is 1. The molecule has 2 rings (SSSR count). The molecule has 2 nitrogen and oxygen atoms in total. The Bertz CT molecular complexity index is 635. The zero-order valence-corrected chi connectivity index (χ0v) is 8.95. The predicted octanol–water partition coefficient (Wildman–Crippen LogP) is 3.77. The van der Waals surface area contributed by atoms with Crippen molar-refractivity contribution in [2.45, 2.75) is 0 Å². The SMILES string of the molecule is N#Cc1cc(F)ccc1Oc1cccc(F)c1F. The zero-order chi connectivity index (χ0) is 13.1. The molecule has 0 unspecified atom stereocenters. The zero-order valence-electron chi connectivity index (χ0n) is 8.95. The molecule has 0 saturated heterocycles. The van der Waals surface area contributed by atoms with Crippen LogP contribution in [0, 0.1) is 28.8 Å². The smallest absolute Gasteiger partial charge is 0.201 e. The number of hydrogen-bond donors (Lipinski definition) is 0. The summed E-state index contributed by atoms with van der Waals surface area (Å²) in [4.78, 5) is 0. The molecule has 2 aromatic carbocycles. The summed E-state index contributed by atoms with van der Waals surface area (Å²) in [5.41, 5.74) is -0.0985. The third kappa shape index (κ3) is 2.28. The summed E-state index contributed by atoms with van der Waals surface area (Å²) >= 11 is 0. The number of hydrogen-bond acceptors (Lipinski definition) is 2. The lowest BCUT2D eigenvalue weighted by Gasteiger charge is -2.08. The first-order chi connectivity index (χ1) is 8.61. The lowest BCUT2D eigenvalue weighted by molar-refractivity contribution is 0.414. The summed E-state index contributed by atoms with van der Waals surface area (Å²) in [5, 5.41) is 8.78. The van der Waals surface area contributed by atoms with Crippen molar-refractivity contribution in [2.24, 2.45) is 0 Å². The average molecular weight is 249 g/mol. The lowest BCUT2D eigenvalue weighted by Crippen LogP contribution is -1.94. The van der Waals surface area contributed by atoms with E-state index in [1.165, 1.54) is 18.2 Å². The fourth-order valence-corrected chi connectivity index (χ4v) is 1.36. The maximum absolute atomic E-state index is 13.3. The Morgan fingerprint density at radius 3 is 2.50 bits per heavy atom. The molecule has 0 aliphatic carbocycles. The number of benzene rings is 2. The topological polar surface area (TPSA) is 33.0 Å². The Morgan fingerprint density at radius 2 is 1.78 bits per heavy atom. The summed E-state index contributed by atoms with van der Waals surface area (Å²) in [7, 11) is 0. The minimum atomic E-state index is -1.16. The minimum Gasteiger partial charge on any atom is -0.453 e. The summed E-state index contributed by atoms with van der Waals surface area (Å²) in [5.74, 6) is -3.24. The lowest BCUT2D eigenvalue weighted by atomic mass is 10.2. The van der Waals surface area contributed by atoms with E-state index in [4.69, 9.17) is 10.00 Å². The minimum absolute atomic E-state index is 0.0385. The van der Waals surface area contributed by atoms with Gasteiger partial charge in [-0.25, -0.2) is 8.78 Å². The van der Waals surface area contributed by atoms with Gasteiger partial charge in [0.2, 0.25) is 5.82 Å². The predicted molar refractivity (Wildman–Crippen MR) is 57.5 cm³/mol. The van der Waals surface area contributed by atoms with E-state index >= 15 is 0 Å². The van der Waals surface area contributed by atoms with Gasteiger partial charge in [-0.05, 0) is 30.3 Å². The maximum Gasteiger partial charge on any atom is 0.201 e. The van der Waals surface area contributed by atoms with E-state index in [2.05, 4.69) is 0 Å². The molecule has 0 aromatic heterocycles. The molecular weight excluding hydrogens is 243 g/mol. The van der Waals surface area contributed by atoms with Crippen LogP contribution in [0.2, 0.25) is 0 Å². The first-order valence-electron chi connectivity index (χ1n) is 4.93. The van der Waals surface area contributed by atoms with Crippen LogP contribution in [-0.4, -0.2) is 0 Å². The number of halogens is 3. The van der Waals surface area contributed by atoms with E-state index in [1.807, 2.05) is 0 Å². The molecule has 0 bridgehead atoms. The second-order valence-electron chi connectivity index (χ2n) is 3.41. The Balaban J connectivity index is 2.41. The molecule has 0 aliphatic heterocycles. The van der Waals surface area contributed by atoms with Crippen LogP contribution in [0.4, 0.5) is 13.2 Å². The van der Waals surface area contributed by atoms with Gasteiger partial charge in [0, 0.05) is 0 Å². The Kier molecular flexibility index (Phi) is 3.20. The molecule has 18 heavy (non-hydrogen) atoms. The highest BCUT2D eigenvalue weighted by Gasteiger charge is 2.12. The van der Waals surface area contributed by atoms with Crippen molar-refractivity contribution in [3.63, 3.8) is 0 Å². The third-order valence-corrected chi connectivity index (χ3v) is 2.20. The van der Waals surface area contributed by atoms with E-state index in [1.54, 1.807) is 6.07 Å². The van der Waals surface area contributed by atoms with Crippen LogP contribution in [0.25, 0.3) is 0 Å². The highest BCUT2D eigenvalue weighted by molar-refractivity contribution is 5.45. The van der Waals surface area contributed by atoms with Crippen LogP contribution >= 0.6 is 0 Å². The number of ether oxygens (including phenoxy) is 1. The van der Waals surface area contributed by atoms with Gasteiger partial charge in [-0.3, -0.25) is 0 Å². The van der Waals surface area contributed by atoms with Crippen molar-refractivity contribution in [2.75, 3.05) is 0 Å². The molecule has 0 saturated carbocycles. The van der Waals surface area contributed by atoms with E-state index < -0.39 is 17.5 Å². The van der Waals surface area contributed by atoms with E-state index in [-0.39, 0.29) is 17.1 Å². The monoisotopic (exact) mass is 249 g/mol. The van der Waals surface area contributed by atoms with Crippen LogP contribution in [0.5, 0.6) is 11.5 Å². The van der Waals surface area contributed by atoms with E-state index in [0.29, 0.717) is 0 Å². The van der Waals surface area contributed by atoms with Crippen LogP contribution in [-0.2, 0) is 0 Å². The van der Waals surface area contributed by atoms with E-state index in [9.17, 15) is 13.2 Å². The van der Waals surface area contributed by atoms with E-state index in [0.717, 1.165) is 18.2 Å². The fraction of sp³-hybridized carbons (Fsp3) is 0. The quantitative estimate of drug-likeness (QED) is 0.811. The normalized spacial score (nSPS) is 9.89. The number of rotatable bonds is 2. The second kappa shape index (κ2) is 4.80. The van der Waals surface area contributed by atoms with Gasteiger partial charge in [-0.1, -0.05) is 6.07 Å². The Hall–Kier alpha value is -2.48. The highest BCUT2D eigenvalue weighted by atomic mass is 19.2. The molecule has 5 heteroatoms. The van der Waals surface area contributed by atoms with Gasteiger partial charge in [0.25, 0.3) is 0 Å². The first kappa shape index (κ1) is 12.0. The van der Waals surface area contributed by atoms with Crippen LogP contribution in [0.15, 0.2) is 36.4 Å². The maximum atomic E-state index is 13.3. The molecule has 0 N–H and O–H groups in total. The molecule has 0 heterocycles. The summed E-state index contributed by atoms with van der Waals surface area (Å²) in [6.45, 7) is 0. The summed E-state index contributed by atoms with van der Waals surface area (Å²) in [6, 6.07) is 8.32. The highest BCUT2D eigenvalue weighted by Crippen LogP contribution is 2.28. The average Bonchev–Trinajstić information content (AvgIpc) is 2.37. The van der Waals surface area contributed by atoms with Gasteiger partial charge >= 0.3 is 0 Å². The summed E-state index contributed by atoms with van der Waals surface area (Å²) in [6.07, 6.45) is 0. The van der Waals surface area contributed by atoms with Crippen LogP contribution in [0.1, 0.15) is 5.56 Å². The van der Waals surface area contributed by atoms with Gasteiger partial charge in [-0.2, -0.15) is 9.65 Å². The fourth-order valence-electron chi connectivity index (χ4n) is 1.36. The molecule has 2 aromatic rings.